The molecule has 1 heterocycles. The molecule has 1 N–H and O–H groups in total. The van der Waals surface area contributed by atoms with Crippen molar-refractivity contribution in [2.45, 2.75) is 51.1 Å². The van der Waals surface area contributed by atoms with Crippen LogP contribution in [-0.2, 0) is 4.79 Å². The second-order valence-electron chi connectivity index (χ2n) is 4.70. The van der Waals surface area contributed by atoms with Crippen LogP contribution in [0.25, 0.3) is 0 Å². The highest BCUT2D eigenvalue weighted by atomic mass is 16.4. The van der Waals surface area contributed by atoms with Gasteiger partial charge in [0, 0.05) is 6.04 Å². The summed E-state index contributed by atoms with van der Waals surface area (Å²) in [5.74, 6) is -0.184. The molecule has 2 rings (SSSR count). The van der Waals surface area contributed by atoms with Gasteiger partial charge in [0.2, 0.25) is 0 Å². The summed E-state index contributed by atoms with van der Waals surface area (Å²) in [5, 5.41) is 9.25. The molecule has 1 saturated heterocycles. The SMILES string of the molecule is CC1CCCN1C(C(=O)O)C1CCC1. The van der Waals surface area contributed by atoms with Crippen LogP contribution in [0.1, 0.15) is 39.0 Å². The quantitative estimate of drug-likeness (QED) is 0.749. The normalized spacial score (nSPS) is 31.4. The fourth-order valence-corrected chi connectivity index (χ4v) is 2.74. The third-order valence-electron chi connectivity index (χ3n) is 3.81. The first-order chi connectivity index (χ1) is 6.70. The molecule has 1 aliphatic heterocycles. The molecule has 80 valence electrons. The summed E-state index contributed by atoms with van der Waals surface area (Å²) in [6, 6.07) is 0.276. The van der Waals surface area contributed by atoms with Gasteiger partial charge >= 0.3 is 5.97 Å². The van der Waals surface area contributed by atoms with Crippen LogP contribution in [0.4, 0.5) is 0 Å². The van der Waals surface area contributed by atoms with E-state index in [2.05, 4.69) is 11.8 Å². The van der Waals surface area contributed by atoms with Crippen LogP contribution in [0.2, 0.25) is 0 Å². The van der Waals surface area contributed by atoms with Gasteiger partial charge < -0.3 is 5.11 Å². The van der Waals surface area contributed by atoms with Crippen LogP contribution in [0.3, 0.4) is 0 Å². The van der Waals surface area contributed by atoms with Gasteiger partial charge in [-0.2, -0.15) is 0 Å². The average molecular weight is 197 g/mol. The smallest absolute Gasteiger partial charge is 0.321 e. The first-order valence-electron chi connectivity index (χ1n) is 5.68. The highest BCUT2D eigenvalue weighted by Gasteiger charge is 2.40. The highest BCUT2D eigenvalue weighted by molar-refractivity contribution is 5.74. The average Bonchev–Trinajstić information content (AvgIpc) is 2.42. The number of carbonyl (C=O) groups is 1. The van der Waals surface area contributed by atoms with Gasteiger partial charge in [-0.25, -0.2) is 0 Å². The van der Waals surface area contributed by atoms with E-state index in [9.17, 15) is 9.90 Å². The largest absolute Gasteiger partial charge is 0.480 e. The number of likely N-dealkylation sites (tertiary alicyclic amines) is 1. The fraction of sp³-hybridized carbons (Fsp3) is 0.909. The van der Waals surface area contributed by atoms with Gasteiger partial charge in [-0.3, -0.25) is 9.69 Å². The number of hydrogen-bond acceptors (Lipinski definition) is 2. The zero-order valence-electron chi connectivity index (χ0n) is 8.78. The van der Waals surface area contributed by atoms with Gasteiger partial charge in [0.1, 0.15) is 6.04 Å². The lowest BCUT2D eigenvalue weighted by atomic mass is 9.79. The molecule has 0 spiro atoms. The van der Waals surface area contributed by atoms with Crippen LogP contribution in [0.5, 0.6) is 0 Å². The Kier molecular flexibility index (Phi) is 2.77. The number of carboxylic acid groups (broad SMARTS) is 1. The summed E-state index contributed by atoms with van der Waals surface area (Å²) in [5.41, 5.74) is 0. The lowest BCUT2D eigenvalue weighted by Crippen LogP contribution is -2.49. The van der Waals surface area contributed by atoms with Crippen molar-refractivity contribution in [1.29, 1.82) is 0 Å². The molecule has 2 atom stereocenters. The molecular weight excluding hydrogens is 178 g/mol. The number of aliphatic carboxylic acids is 1. The summed E-state index contributed by atoms with van der Waals surface area (Å²) >= 11 is 0. The first-order valence-corrected chi connectivity index (χ1v) is 5.68. The molecule has 2 fully saturated rings. The maximum absolute atomic E-state index is 11.2. The molecule has 1 saturated carbocycles. The Morgan fingerprint density at radius 1 is 1.36 bits per heavy atom. The van der Waals surface area contributed by atoms with E-state index < -0.39 is 5.97 Å². The number of nitrogens with zero attached hydrogens (tertiary/aromatic N) is 1. The summed E-state index contributed by atoms with van der Waals surface area (Å²) < 4.78 is 0. The molecule has 1 aliphatic carbocycles. The first kappa shape index (κ1) is 9.97. The zero-order chi connectivity index (χ0) is 10.1. The Bertz CT molecular complexity index is 225. The third kappa shape index (κ3) is 1.65. The van der Waals surface area contributed by atoms with E-state index >= 15 is 0 Å². The van der Waals surface area contributed by atoms with Crippen molar-refractivity contribution < 1.29 is 9.90 Å². The maximum Gasteiger partial charge on any atom is 0.321 e. The summed E-state index contributed by atoms with van der Waals surface area (Å²) in [6.07, 6.45) is 5.77. The van der Waals surface area contributed by atoms with Crippen LogP contribution < -0.4 is 0 Å². The molecule has 0 radical (unpaired) electrons. The lowest BCUT2D eigenvalue weighted by molar-refractivity contribution is -0.147. The predicted octanol–water partition coefficient (Wildman–Crippen LogP) is 1.72. The van der Waals surface area contributed by atoms with Gasteiger partial charge in [0.25, 0.3) is 0 Å². The Morgan fingerprint density at radius 2 is 2.07 bits per heavy atom. The molecule has 0 aromatic heterocycles. The Labute approximate surface area is 85.1 Å². The van der Waals surface area contributed by atoms with E-state index in [-0.39, 0.29) is 6.04 Å². The minimum atomic E-state index is -0.608. The van der Waals surface area contributed by atoms with Crippen LogP contribution in [0.15, 0.2) is 0 Å². The van der Waals surface area contributed by atoms with E-state index in [1.54, 1.807) is 0 Å². The minimum Gasteiger partial charge on any atom is -0.480 e. The minimum absolute atomic E-state index is 0.193. The van der Waals surface area contributed by atoms with Crippen molar-refractivity contribution in [2.24, 2.45) is 5.92 Å². The van der Waals surface area contributed by atoms with E-state index in [1.165, 1.54) is 6.42 Å². The molecule has 3 nitrogen and oxygen atoms in total. The topological polar surface area (TPSA) is 40.5 Å². The van der Waals surface area contributed by atoms with Crippen molar-refractivity contribution in [3.63, 3.8) is 0 Å². The van der Waals surface area contributed by atoms with Gasteiger partial charge in [0.05, 0.1) is 0 Å². The lowest BCUT2D eigenvalue weighted by Gasteiger charge is -2.38. The van der Waals surface area contributed by atoms with E-state index in [4.69, 9.17) is 0 Å². The summed E-state index contributed by atoms with van der Waals surface area (Å²) in [4.78, 5) is 13.4. The summed E-state index contributed by atoms with van der Waals surface area (Å²) in [6.45, 7) is 3.14. The predicted molar refractivity (Wildman–Crippen MR) is 54.2 cm³/mol. The van der Waals surface area contributed by atoms with Crippen molar-refractivity contribution in [3.8, 4) is 0 Å². The summed E-state index contributed by atoms with van der Waals surface area (Å²) in [7, 11) is 0. The van der Waals surface area contributed by atoms with E-state index in [1.807, 2.05) is 0 Å². The molecule has 0 aromatic rings. The Hall–Kier alpha value is -0.570. The molecule has 3 heteroatoms. The standard InChI is InChI=1S/C11H19NO2/c1-8-4-3-7-12(8)10(11(13)14)9-5-2-6-9/h8-10H,2-7H2,1H3,(H,13,14). The number of rotatable bonds is 3. The van der Waals surface area contributed by atoms with Gasteiger partial charge in [0.15, 0.2) is 0 Å². The molecule has 2 unspecified atom stereocenters. The third-order valence-corrected chi connectivity index (χ3v) is 3.81. The molecular formula is C11H19NO2. The van der Waals surface area contributed by atoms with E-state index in [0.29, 0.717) is 12.0 Å². The molecule has 0 aromatic carbocycles. The Morgan fingerprint density at radius 3 is 2.43 bits per heavy atom. The van der Waals surface area contributed by atoms with E-state index in [0.717, 1.165) is 32.2 Å². The molecule has 14 heavy (non-hydrogen) atoms. The maximum atomic E-state index is 11.2. The fourth-order valence-electron chi connectivity index (χ4n) is 2.74. The van der Waals surface area contributed by atoms with Crippen molar-refractivity contribution in [2.75, 3.05) is 6.54 Å². The van der Waals surface area contributed by atoms with Crippen molar-refractivity contribution >= 4 is 5.97 Å². The molecule has 0 amide bonds. The number of hydrogen-bond donors (Lipinski definition) is 1. The second kappa shape index (κ2) is 3.89. The zero-order valence-corrected chi connectivity index (χ0v) is 8.78. The van der Waals surface area contributed by atoms with Crippen molar-refractivity contribution in [3.05, 3.63) is 0 Å². The highest BCUT2D eigenvalue weighted by Crippen LogP contribution is 2.35. The van der Waals surface area contributed by atoms with Crippen molar-refractivity contribution in [1.82, 2.24) is 4.90 Å². The van der Waals surface area contributed by atoms with Gasteiger partial charge in [-0.05, 0) is 45.1 Å². The van der Waals surface area contributed by atoms with Crippen LogP contribution in [-0.4, -0.2) is 34.6 Å². The van der Waals surface area contributed by atoms with Gasteiger partial charge in [-0.1, -0.05) is 6.42 Å². The van der Waals surface area contributed by atoms with Crippen LogP contribution in [0, 0.1) is 5.92 Å². The molecule has 0 bridgehead atoms. The van der Waals surface area contributed by atoms with Crippen LogP contribution >= 0.6 is 0 Å². The number of carboxylic acids is 1. The Balaban J connectivity index is 2.05. The molecule has 2 aliphatic rings. The monoisotopic (exact) mass is 197 g/mol. The second-order valence-corrected chi connectivity index (χ2v) is 4.70. The van der Waals surface area contributed by atoms with Gasteiger partial charge in [-0.15, -0.1) is 0 Å².